The van der Waals surface area contributed by atoms with Gasteiger partial charge in [0.25, 0.3) is 7.82 Å². The first-order valence-electron chi connectivity index (χ1n) is 37.6. The molecular formula is C77H145N2O7P. The van der Waals surface area contributed by atoms with Crippen molar-refractivity contribution >= 4 is 19.7 Å². The Hall–Kier alpha value is -2.29. The Morgan fingerprint density at radius 1 is 0.402 bits per heavy atom. The first-order chi connectivity index (χ1) is 42.4. The Labute approximate surface area is 541 Å². The summed E-state index contributed by atoms with van der Waals surface area (Å²) < 4.78 is 30.5. The maximum atomic E-state index is 13.6. The van der Waals surface area contributed by atoms with E-state index < -0.39 is 20.0 Å². The number of hydrogen-bond donors (Lipinski definition) is 1. The molecule has 0 saturated carbocycles. The van der Waals surface area contributed by atoms with E-state index in [0.717, 1.165) is 77.0 Å². The van der Waals surface area contributed by atoms with Crippen LogP contribution in [0.4, 0.5) is 0 Å². The Balaban J connectivity index is 4.94. The summed E-state index contributed by atoms with van der Waals surface area (Å²) in [6.07, 6.45) is 86.4. The highest BCUT2D eigenvalue weighted by molar-refractivity contribution is 7.45. The van der Waals surface area contributed by atoms with E-state index in [4.69, 9.17) is 13.8 Å². The molecule has 0 aliphatic rings. The summed E-state index contributed by atoms with van der Waals surface area (Å²) in [5.74, 6) is -0.528. The van der Waals surface area contributed by atoms with Crippen LogP contribution in [-0.2, 0) is 27.9 Å². The van der Waals surface area contributed by atoms with Crippen molar-refractivity contribution in [1.82, 2.24) is 5.32 Å². The minimum Gasteiger partial charge on any atom is -0.756 e. The van der Waals surface area contributed by atoms with Gasteiger partial charge in [-0.3, -0.25) is 14.2 Å². The van der Waals surface area contributed by atoms with Crippen molar-refractivity contribution in [3.8, 4) is 0 Å². The highest BCUT2D eigenvalue weighted by atomic mass is 31.2. The van der Waals surface area contributed by atoms with Crippen molar-refractivity contribution in [3.63, 3.8) is 0 Å². The smallest absolute Gasteiger partial charge is 0.306 e. The van der Waals surface area contributed by atoms with E-state index in [-0.39, 0.29) is 31.5 Å². The molecule has 0 bridgehead atoms. The van der Waals surface area contributed by atoms with E-state index >= 15 is 0 Å². The van der Waals surface area contributed by atoms with Gasteiger partial charge < -0.3 is 28.5 Å². The Bertz CT molecular complexity index is 1670. The number of carbonyl (C=O) groups is 2. The van der Waals surface area contributed by atoms with Crippen LogP contribution in [-0.4, -0.2) is 69.4 Å². The maximum Gasteiger partial charge on any atom is 0.306 e. The molecule has 0 saturated heterocycles. The first-order valence-corrected chi connectivity index (χ1v) is 39.1. The van der Waals surface area contributed by atoms with Crippen LogP contribution in [0, 0.1) is 0 Å². The number of hydrogen-bond acceptors (Lipinski definition) is 7. The topological polar surface area (TPSA) is 114 Å². The number of phosphoric acid groups is 1. The fourth-order valence-electron chi connectivity index (χ4n) is 11.2. The first kappa shape index (κ1) is 84.7. The van der Waals surface area contributed by atoms with Gasteiger partial charge in [0.05, 0.1) is 33.8 Å². The molecule has 0 radical (unpaired) electrons. The molecule has 3 atom stereocenters. The fourth-order valence-corrected chi connectivity index (χ4v) is 11.9. The highest BCUT2D eigenvalue weighted by Crippen LogP contribution is 2.38. The third-order valence-electron chi connectivity index (χ3n) is 17.0. The number of ether oxygens (including phenoxy) is 1. The summed E-state index contributed by atoms with van der Waals surface area (Å²) >= 11 is 0. The van der Waals surface area contributed by atoms with Crippen LogP contribution in [0.2, 0.25) is 0 Å². The number of nitrogens with zero attached hydrogens (tertiary/aromatic N) is 1. The summed E-state index contributed by atoms with van der Waals surface area (Å²) in [6, 6.07) is -0.889. The average Bonchev–Trinajstić information content (AvgIpc) is 3.70. The molecule has 510 valence electrons. The van der Waals surface area contributed by atoms with Crippen LogP contribution >= 0.6 is 7.82 Å². The van der Waals surface area contributed by atoms with Crippen molar-refractivity contribution in [2.75, 3.05) is 40.9 Å². The number of rotatable bonds is 69. The minimum atomic E-state index is -4.70. The highest BCUT2D eigenvalue weighted by Gasteiger charge is 2.27. The molecule has 0 aromatic carbocycles. The molecular weight excluding hydrogens is 1100 g/mol. The lowest BCUT2D eigenvalue weighted by molar-refractivity contribution is -0.870. The average molecular weight is 1240 g/mol. The Morgan fingerprint density at radius 3 is 1.07 bits per heavy atom. The van der Waals surface area contributed by atoms with Gasteiger partial charge in [0.2, 0.25) is 5.91 Å². The fraction of sp³-hybridized carbons (Fsp3) is 0.844. The standard InChI is InChI=1S/C77H145N2O7P/c1-7-10-13-16-19-22-25-27-29-31-33-35-37-38-39-40-42-44-46-48-50-52-55-58-61-64-67-70-77(81)86-75(68-65-62-59-56-53-24-21-18-15-12-9-3)74(73-85-87(82,83)84-72-71-79(4,5)6)78-76(80)69-66-63-60-57-54-51-49-47-45-43-41-36-34-32-30-28-26-23-20-17-14-11-8-2/h19,22,27,29,33,35,38-39,65,68,74-75H,7-18,20-21,23-26,28,30-32,34,36-37,40-64,66-67,69-73H2,1-6H3,(H-,78,80,82,83)/b22-19-,29-27-,35-33-,39-38-,68-65+. The molecule has 0 aliphatic heterocycles. The number of nitrogens with one attached hydrogen (secondary N) is 1. The Morgan fingerprint density at radius 2 is 0.701 bits per heavy atom. The van der Waals surface area contributed by atoms with E-state index in [1.807, 2.05) is 33.3 Å². The molecule has 10 heteroatoms. The number of quaternary nitrogens is 1. The molecule has 0 heterocycles. The van der Waals surface area contributed by atoms with Crippen LogP contribution in [0.15, 0.2) is 60.8 Å². The van der Waals surface area contributed by atoms with Gasteiger partial charge in [0.1, 0.15) is 19.3 Å². The van der Waals surface area contributed by atoms with E-state index in [1.165, 1.54) is 257 Å². The van der Waals surface area contributed by atoms with Gasteiger partial charge in [-0.15, -0.1) is 0 Å². The second-order valence-electron chi connectivity index (χ2n) is 26.8. The summed E-state index contributed by atoms with van der Waals surface area (Å²) in [7, 11) is 1.20. The minimum absolute atomic E-state index is 0.0217. The monoisotopic (exact) mass is 1240 g/mol. The molecule has 0 aromatic heterocycles. The molecule has 0 aliphatic carbocycles. The summed E-state index contributed by atoms with van der Waals surface area (Å²) in [4.78, 5) is 40.2. The quantitative estimate of drug-likeness (QED) is 0.0212. The summed E-state index contributed by atoms with van der Waals surface area (Å²) in [5, 5.41) is 3.05. The van der Waals surface area contributed by atoms with Gasteiger partial charge in [-0.05, 0) is 76.7 Å². The molecule has 1 N–H and O–H groups in total. The lowest BCUT2D eigenvalue weighted by Crippen LogP contribution is -2.47. The van der Waals surface area contributed by atoms with Crippen LogP contribution < -0.4 is 10.2 Å². The molecule has 0 rings (SSSR count). The SMILES string of the molecule is CCCCC/C=C\C/C=C\C/C=C\C/C=C\CCCCCCCCCCCCCC(=O)OC(/C=C/CCCCCCCCCCC)C(COP(=O)([O-])OCC[N+](C)(C)C)NC(=O)CCCCCCCCCCCCCCCCCCCCCCCCC. The second kappa shape index (κ2) is 66.6. The second-order valence-corrected chi connectivity index (χ2v) is 28.2. The number of esters is 1. The van der Waals surface area contributed by atoms with Gasteiger partial charge >= 0.3 is 5.97 Å². The predicted molar refractivity (Wildman–Crippen MR) is 376 cm³/mol. The van der Waals surface area contributed by atoms with Crippen LogP contribution in [0.1, 0.15) is 367 Å². The number of phosphoric ester groups is 1. The molecule has 0 aromatic rings. The molecule has 87 heavy (non-hydrogen) atoms. The normalized spacial score (nSPS) is 13.8. The van der Waals surface area contributed by atoms with Gasteiger partial charge in [-0.1, -0.05) is 339 Å². The molecule has 1 amide bonds. The van der Waals surface area contributed by atoms with Gasteiger partial charge in [-0.2, -0.15) is 0 Å². The third-order valence-corrected chi connectivity index (χ3v) is 17.9. The molecule has 3 unspecified atom stereocenters. The maximum absolute atomic E-state index is 13.6. The number of likely N-dealkylation sites (N-methyl/N-ethyl adjacent to an activating group) is 1. The molecule has 0 spiro atoms. The number of allylic oxidation sites excluding steroid dienone is 9. The Kier molecular flexibility index (Phi) is 64.9. The van der Waals surface area contributed by atoms with E-state index in [0.29, 0.717) is 17.4 Å². The van der Waals surface area contributed by atoms with E-state index in [2.05, 4.69) is 74.7 Å². The van der Waals surface area contributed by atoms with Gasteiger partial charge in [0.15, 0.2) is 0 Å². The summed E-state index contributed by atoms with van der Waals surface area (Å²) in [6.45, 7) is 6.86. The zero-order valence-electron chi connectivity index (χ0n) is 58.5. The van der Waals surface area contributed by atoms with Gasteiger partial charge in [0, 0.05) is 12.8 Å². The lowest BCUT2D eigenvalue weighted by Gasteiger charge is -2.30. The lowest BCUT2D eigenvalue weighted by atomic mass is 10.0. The number of amides is 1. The van der Waals surface area contributed by atoms with Gasteiger partial charge in [-0.25, -0.2) is 0 Å². The van der Waals surface area contributed by atoms with Crippen molar-refractivity contribution in [1.29, 1.82) is 0 Å². The van der Waals surface area contributed by atoms with Crippen molar-refractivity contribution in [2.24, 2.45) is 0 Å². The van der Waals surface area contributed by atoms with Crippen LogP contribution in [0.5, 0.6) is 0 Å². The number of unbranched alkanes of at least 4 members (excludes halogenated alkanes) is 45. The summed E-state index contributed by atoms with van der Waals surface area (Å²) in [5.41, 5.74) is 0. The zero-order chi connectivity index (χ0) is 63.5. The van der Waals surface area contributed by atoms with E-state index in [1.54, 1.807) is 0 Å². The van der Waals surface area contributed by atoms with Crippen molar-refractivity contribution in [2.45, 2.75) is 380 Å². The zero-order valence-corrected chi connectivity index (χ0v) is 59.4. The van der Waals surface area contributed by atoms with Crippen LogP contribution in [0.25, 0.3) is 0 Å². The third kappa shape index (κ3) is 67.9. The predicted octanol–water partition coefficient (Wildman–Crippen LogP) is 23.5. The van der Waals surface area contributed by atoms with E-state index in [9.17, 15) is 19.0 Å². The van der Waals surface area contributed by atoms with Crippen LogP contribution in [0.3, 0.4) is 0 Å². The van der Waals surface area contributed by atoms with Crippen molar-refractivity contribution < 1.29 is 37.3 Å². The largest absolute Gasteiger partial charge is 0.756 e. The number of carbonyl (C=O) groups excluding carboxylic acids is 2. The van der Waals surface area contributed by atoms with Crippen molar-refractivity contribution in [3.05, 3.63) is 60.8 Å². The molecule has 9 nitrogen and oxygen atoms in total. The molecule has 0 fully saturated rings.